The molecule has 9 nitrogen and oxygen atoms in total. The molecular weight excluding hydrogens is 492 g/mol. The first-order valence-corrected chi connectivity index (χ1v) is 13.5. The van der Waals surface area contributed by atoms with Gasteiger partial charge in [0.25, 0.3) is 0 Å². The van der Waals surface area contributed by atoms with Gasteiger partial charge in [-0.2, -0.15) is 5.26 Å². The molecule has 0 bridgehead atoms. The summed E-state index contributed by atoms with van der Waals surface area (Å²) >= 11 is 1.12. The number of benzene rings is 2. The Balaban J connectivity index is 1.64. The highest BCUT2D eigenvalue weighted by atomic mass is 32.2. The average molecular weight is 525 g/mol. The van der Waals surface area contributed by atoms with Gasteiger partial charge < -0.3 is 30.9 Å². The van der Waals surface area contributed by atoms with Gasteiger partial charge in [0.15, 0.2) is 0 Å². The van der Waals surface area contributed by atoms with Crippen molar-refractivity contribution in [2.24, 2.45) is 5.92 Å². The molecule has 1 saturated carbocycles. The molecule has 0 aromatic heterocycles. The molecule has 1 heterocycles. The first kappa shape index (κ1) is 26.8. The van der Waals surface area contributed by atoms with Gasteiger partial charge in [-0.15, -0.1) is 0 Å². The monoisotopic (exact) mass is 524 g/mol. The minimum atomic E-state index is -1.81. The van der Waals surface area contributed by atoms with Gasteiger partial charge in [-0.3, -0.25) is 4.79 Å². The van der Waals surface area contributed by atoms with E-state index < -0.39 is 17.1 Å². The summed E-state index contributed by atoms with van der Waals surface area (Å²) in [7, 11) is 0. The van der Waals surface area contributed by atoms with Gasteiger partial charge in [-0.05, 0) is 80.0 Å². The maximum absolute atomic E-state index is 13.0. The highest BCUT2D eigenvalue weighted by Crippen LogP contribution is 2.46. The van der Waals surface area contributed by atoms with Crippen molar-refractivity contribution in [3.63, 3.8) is 0 Å². The molecule has 1 saturated heterocycles. The lowest BCUT2D eigenvalue weighted by molar-refractivity contribution is -0.137. The largest absolute Gasteiger partial charge is 0.481 e. The standard InChI is InChI=1S/C27H32N4O5S/c1-2-31(21-11-12-37-27(35,36)15-21)24-10-7-19(22(14-25(32)33)18-5-6-18)13-23(24)30-26(34)29-20-8-3-17(16-28)4-9-20/h3-4,7-10,13,18,21-22,35-36H,2,5-6,11-12,14-15H2,1H3,(H,32,33)(H2,29,30,34). The van der Waals surface area contributed by atoms with Crippen molar-refractivity contribution in [1.82, 2.24) is 0 Å². The number of thioether (sulfide) groups is 1. The minimum Gasteiger partial charge on any atom is -0.481 e. The number of aliphatic hydroxyl groups is 2. The highest BCUT2D eigenvalue weighted by Gasteiger charge is 2.37. The number of urea groups is 1. The summed E-state index contributed by atoms with van der Waals surface area (Å²) in [6.45, 7) is 2.56. The Bertz CT molecular complexity index is 1180. The van der Waals surface area contributed by atoms with E-state index in [1.54, 1.807) is 24.3 Å². The fourth-order valence-corrected chi connectivity index (χ4v) is 6.04. The summed E-state index contributed by atoms with van der Waals surface area (Å²) in [6, 6.07) is 13.6. The van der Waals surface area contributed by atoms with Crippen LogP contribution in [0.4, 0.5) is 21.9 Å². The van der Waals surface area contributed by atoms with Crippen LogP contribution in [0.1, 0.15) is 56.1 Å². The van der Waals surface area contributed by atoms with Crippen LogP contribution in [0.25, 0.3) is 0 Å². The highest BCUT2D eigenvalue weighted by molar-refractivity contribution is 8.00. The van der Waals surface area contributed by atoms with E-state index in [-0.39, 0.29) is 24.8 Å². The van der Waals surface area contributed by atoms with E-state index in [1.807, 2.05) is 31.2 Å². The molecule has 2 fully saturated rings. The van der Waals surface area contributed by atoms with E-state index in [9.17, 15) is 24.9 Å². The molecule has 1 aliphatic carbocycles. The molecule has 1 aliphatic heterocycles. The van der Waals surface area contributed by atoms with Crippen molar-refractivity contribution in [1.29, 1.82) is 5.26 Å². The number of amides is 2. The smallest absolute Gasteiger partial charge is 0.323 e. The number of rotatable bonds is 9. The summed E-state index contributed by atoms with van der Waals surface area (Å²) in [5, 5.41) is 42.9. The second-order valence-corrected chi connectivity index (χ2v) is 11.0. The Morgan fingerprint density at radius 3 is 2.49 bits per heavy atom. The van der Waals surface area contributed by atoms with Crippen LogP contribution in [0, 0.1) is 17.2 Å². The second kappa shape index (κ2) is 11.4. The number of aliphatic carboxylic acids is 1. The first-order valence-electron chi connectivity index (χ1n) is 12.5. The lowest BCUT2D eigenvalue weighted by atomic mass is 9.90. The van der Waals surface area contributed by atoms with Gasteiger partial charge in [0.05, 0.1) is 29.4 Å². The topological polar surface area (TPSA) is 146 Å². The maximum Gasteiger partial charge on any atom is 0.323 e. The van der Waals surface area contributed by atoms with Crippen molar-refractivity contribution in [3.05, 3.63) is 53.6 Å². The Morgan fingerprint density at radius 2 is 1.89 bits per heavy atom. The van der Waals surface area contributed by atoms with Gasteiger partial charge in [0.1, 0.15) is 0 Å². The van der Waals surface area contributed by atoms with Crippen LogP contribution in [0.5, 0.6) is 0 Å². The predicted octanol–water partition coefficient (Wildman–Crippen LogP) is 4.53. The van der Waals surface area contributed by atoms with Gasteiger partial charge in [-0.25, -0.2) is 4.79 Å². The molecule has 0 spiro atoms. The predicted molar refractivity (Wildman–Crippen MR) is 144 cm³/mol. The number of nitrogens with zero attached hydrogens (tertiary/aromatic N) is 2. The third-order valence-electron chi connectivity index (χ3n) is 6.93. The summed E-state index contributed by atoms with van der Waals surface area (Å²) < 4.78 is 0. The number of nitrogens with one attached hydrogen (secondary N) is 2. The Morgan fingerprint density at radius 1 is 1.16 bits per heavy atom. The van der Waals surface area contributed by atoms with E-state index >= 15 is 0 Å². The molecular formula is C27H32N4O5S. The number of nitriles is 1. The first-order chi connectivity index (χ1) is 17.7. The van der Waals surface area contributed by atoms with Crippen LogP contribution in [-0.2, 0) is 4.79 Å². The zero-order valence-corrected chi connectivity index (χ0v) is 21.5. The lowest BCUT2D eigenvalue weighted by Gasteiger charge is -2.40. The summed E-state index contributed by atoms with van der Waals surface area (Å²) in [5.74, 6) is -0.0934. The summed E-state index contributed by atoms with van der Waals surface area (Å²) in [5.41, 5.74) is 3.13. The zero-order valence-electron chi connectivity index (χ0n) is 20.7. The lowest BCUT2D eigenvalue weighted by Crippen LogP contribution is -2.45. The third kappa shape index (κ3) is 6.95. The van der Waals surface area contributed by atoms with Crippen molar-refractivity contribution in [2.75, 3.05) is 27.8 Å². The minimum absolute atomic E-state index is 0.0236. The number of carbonyl (C=O) groups excluding carboxylic acids is 1. The number of hydrogen-bond acceptors (Lipinski definition) is 7. The fourth-order valence-electron chi connectivity index (χ4n) is 5.01. The molecule has 2 aromatic rings. The van der Waals surface area contributed by atoms with E-state index in [0.29, 0.717) is 35.2 Å². The van der Waals surface area contributed by atoms with Crippen LogP contribution < -0.4 is 15.5 Å². The number of carboxylic acids is 1. The van der Waals surface area contributed by atoms with Crippen molar-refractivity contribution in [3.8, 4) is 6.07 Å². The zero-order chi connectivity index (χ0) is 26.6. The van der Waals surface area contributed by atoms with Crippen LogP contribution >= 0.6 is 11.8 Å². The molecule has 2 aliphatic rings. The molecule has 2 atom stereocenters. The van der Waals surface area contributed by atoms with Crippen LogP contribution in [-0.4, -0.2) is 50.8 Å². The van der Waals surface area contributed by atoms with Crippen LogP contribution in [0.15, 0.2) is 42.5 Å². The van der Waals surface area contributed by atoms with Gasteiger partial charge in [0, 0.05) is 30.4 Å². The number of hydrogen-bond donors (Lipinski definition) is 5. The Kier molecular flexibility index (Phi) is 8.27. The van der Waals surface area contributed by atoms with Gasteiger partial charge in [0.2, 0.25) is 5.12 Å². The molecule has 0 radical (unpaired) electrons. The number of carboxylic acid groups (broad SMARTS) is 1. The van der Waals surface area contributed by atoms with E-state index in [2.05, 4.69) is 15.5 Å². The Hall–Kier alpha value is -3.26. The number of anilines is 3. The molecule has 2 unspecified atom stereocenters. The quantitative estimate of drug-likeness (QED) is 0.301. The van der Waals surface area contributed by atoms with Crippen molar-refractivity contribution >= 4 is 40.8 Å². The number of carbonyl (C=O) groups is 2. The molecule has 5 N–H and O–H groups in total. The van der Waals surface area contributed by atoms with Crippen molar-refractivity contribution < 1.29 is 24.9 Å². The molecule has 2 aromatic carbocycles. The normalized spacial score (nSPS) is 19.4. The summed E-state index contributed by atoms with van der Waals surface area (Å²) in [4.78, 5) is 26.6. The molecule has 2 amide bonds. The van der Waals surface area contributed by atoms with E-state index in [1.165, 1.54) is 0 Å². The van der Waals surface area contributed by atoms with Crippen molar-refractivity contribution in [2.45, 2.75) is 56.1 Å². The van der Waals surface area contributed by atoms with Crippen LogP contribution in [0.2, 0.25) is 0 Å². The van der Waals surface area contributed by atoms with Crippen LogP contribution in [0.3, 0.4) is 0 Å². The fraction of sp³-hybridized carbons (Fsp3) is 0.444. The summed E-state index contributed by atoms with van der Waals surface area (Å²) in [6.07, 6.45) is 2.91. The molecule has 4 rings (SSSR count). The molecule has 37 heavy (non-hydrogen) atoms. The van der Waals surface area contributed by atoms with Gasteiger partial charge >= 0.3 is 12.0 Å². The average Bonchev–Trinajstić information content (AvgIpc) is 3.69. The van der Waals surface area contributed by atoms with E-state index in [4.69, 9.17) is 5.26 Å². The molecule has 10 heteroatoms. The van der Waals surface area contributed by atoms with E-state index in [0.717, 1.165) is 42.3 Å². The maximum atomic E-state index is 13.0. The Labute approximate surface area is 220 Å². The third-order valence-corrected chi connectivity index (χ3v) is 8.00. The SMILES string of the molecule is CCN(c1ccc(C(CC(=O)O)C2CC2)cc1NC(=O)Nc1ccc(C#N)cc1)C1CCSC(O)(O)C1. The van der Waals surface area contributed by atoms with Gasteiger partial charge in [-0.1, -0.05) is 17.8 Å². The second-order valence-electron chi connectivity index (χ2n) is 9.61. The molecule has 196 valence electrons.